The number of Topliss-reactive ketones (excluding diaryl/α,β-unsaturated/α-hetero) is 1. The summed E-state index contributed by atoms with van der Waals surface area (Å²) in [6.07, 6.45) is 0.0659. The van der Waals surface area contributed by atoms with Crippen molar-refractivity contribution in [3.8, 4) is 0 Å². The average molecular weight is 167 g/mol. The Balaban J connectivity index is 3.49. The molecule has 0 amide bonds. The van der Waals surface area contributed by atoms with Gasteiger partial charge in [0.25, 0.3) is 0 Å². The van der Waals surface area contributed by atoms with E-state index in [1.807, 2.05) is 0 Å². The van der Waals surface area contributed by atoms with E-state index in [1.165, 1.54) is 6.92 Å². The minimum Gasteiger partial charge on any atom is -0.300 e. The van der Waals surface area contributed by atoms with Crippen LogP contribution in [0.5, 0.6) is 0 Å². The fourth-order valence-corrected chi connectivity index (χ4v) is 0.617. The van der Waals surface area contributed by atoms with Crippen LogP contribution in [0.3, 0.4) is 0 Å². The van der Waals surface area contributed by atoms with E-state index in [4.69, 9.17) is 0 Å². The van der Waals surface area contributed by atoms with Gasteiger partial charge in [-0.2, -0.15) is 8.42 Å². The molecule has 0 unspecified atom stereocenters. The van der Waals surface area contributed by atoms with E-state index in [2.05, 4.69) is 9.32 Å². The fourth-order valence-electron chi connectivity index (χ4n) is 0.302. The van der Waals surface area contributed by atoms with E-state index in [-0.39, 0.29) is 18.8 Å². The van der Waals surface area contributed by atoms with Crippen molar-refractivity contribution in [1.82, 2.24) is 0 Å². The molecule has 0 radical (unpaired) electrons. The molecule has 60 valence electrons. The van der Waals surface area contributed by atoms with Crippen molar-refractivity contribution in [2.24, 2.45) is 5.14 Å². The van der Waals surface area contributed by atoms with E-state index in [9.17, 15) is 13.2 Å². The molecule has 0 aliphatic rings. The van der Waals surface area contributed by atoms with Crippen molar-refractivity contribution >= 4 is 16.1 Å². The monoisotopic (exact) mass is 167 g/mol. The molecule has 5 nitrogen and oxygen atoms in total. The molecular weight excluding hydrogens is 158 g/mol. The molecule has 0 fully saturated rings. The standard InChI is InChI=1S/C4H9NO4S/c1-4(6)2-3-9-10(5,7)8/h2-3H2,1H3,(H2,5,7,8). The Kier molecular flexibility index (Phi) is 3.48. The number of carbonyl (C=O) groups is 1. The average Bonchev–Trinajstić information content (AvgIpc) is 1.59. The summed E-state index contributed by atoms with van der Waals surface area (Å²) >= 11 is 0. The number of hydrogen-bond acceptors (Lipinski definition) is 4. The maximum Gasteiger partial charge on any atom is 0.333 e. The molecular formula is C4H9NO4S. The van der Waals surface area contributed by atoms with E-state index in [1.54, 1.807) is 0 Å². The molecule has 2 N–H and O–H groups in total. The molecule has 0 aliphatic carbocycles. The molecule has 0 rings (SSSR count). The van der Waals surface area contributed by atoms with Gasteiger partial charge >= 0.3 is 10.3 Å². The molecule has 0 heterocycles. The predicted molar refractivity (Wildman–Crippen MR) is 34.4 cm³/mol. The third kappa shape index (κ3) is 7.54. The highest BCUT2D eigenvalue weighted by atomic mass is 32.2. The van der Waals surface area contributed by atoms with Gasteiger partial charge in [-0.15, -0.1) is 0 Å². The normalized spacial score (nSPS) is 11.4. The summed E-state index contributed by atoms with van der Waals surface area (Å²) in [5.74, 6) is -0.136. The SMILES string of the molecule is CC(=O)CCOS(N)(=O)=O. The van der Waals surface area contributed by atoms with Crippen LogP contribution in [-0.4, -0.2) is 20.8 Å². The van der Waals surface area contributed by atoms with Crippen molar-refractivity contribution in [3.63, 3.8) is 0 Å². The zero-order valence-corrected chi connectivity index (χ0v) is 6.35. The van der Waals surface area contributed by atoms with Crippen LogP contribution in [0.1, 0.15) is 13.3 Å². The van der Waals surface area contributed by atoms with Gasteiger partial charge in [-0.3, -0.25) is 8.98 Å². The van der Waals surface area contributed by atoms with Gasteiger partial charge in [0.2, 0.25) is 0 Å². The van der Waals surface area contributed by atoms with Crippen molar-refractivity contribution in [2.75, 3.05) is 6.61 Å². The first-order valence-corrected chi connectivity index (χ1v) is 4.05. The Morgan fingerprint density at radius 1 is 1.60 bits per heavy atom. The van der Waals surface area contributed by atoms with E-state index in [0.29, 0.717) is 0 Å². The third-order valence-electron chi connectivity index (χ3n) is 0.702. The van der Waals surface area contributed by atoms with Crippen LogP contribution in [-0.2, 0) is 19.3 Å². The van der Waals surface area contributed by atoms with Crippen molar-refractivity contribution in [3.05, 3.63) is 0 Å². The molecule has 0 spiro atoms. The number of rotatable bonds is 4. The second-order valence-electron chi connectivity index (χ2n) is 1.77. The molecule has 0 aromatic carbocycles. The molecule has 0 bridgehead atoms. The Hall–Kier alpha value is -0.460. The maximum atomic E-state index is 10.2. The second kappa shape index (κ2) is 3.65. The minimum atomic E-state index is -3.87. The molecule has 0 saturated carbocycles. The summed E-state index contributed by atoms with van der Waals surface area (Å²) in [5.41, 5.74) is 0. The summed E-state index contributed by atoms with van der Waals surface area (Å²) < 4.78 is 24.2. The predicted octanol–water partition coefficient (Wildman–Crippen LogP) is -0.814. The van der Waals surface area contributed by atoms with Crippen LogP contribution in [0.2, 0.25) is 0 Å². The van der Waals surface area contributed by atoms with Gasteiger partial charge in [0.1, 0.15) is 5.78 Å². The van der Waals surface area contributed by atoms with Crippen LogP contribution in [0.15, 0.2) is 0 Å². The molecule has 0 saturated heterocycles. The Morgan fingerprint density at radius 3 is 2.40 bits per heavy atom. The van der Waals surface area contributed by atoms with Crippen LogP contribution >= 0.6 is 0 Å². The smallest absolute Gasteiger partial charge is 0.300 e. The summed E-state index contributed by atoms with van der Waals surface area (Å²) in [5, 5.41) is 4.46. The Morgan fingerprint density at radius 2 is 2.10 bits per heavy atom. The fraction of sp³-hybridized carbons (Fsp3) is 0.750. The quantitative estimate of drug-likeness (QED) is 0.593. The minimum absolute atomic E-state index is 0.0659. The topological polar surface area (TPSA) is 86.5 Å². The van der Waals surface area contributed by atoms with Crippen molar-refractivity contribution < 1.29 is 17.4 Å². The van der Waals surface area contributed by atoms with Crippen LogP contribution in [0.4, 0.5) is 0 Å². The summed E-state index contributed by atoms with van der Waals surface area (Å²) in [4.78, 5) is 10.2. The molecule has 0 aromatic heterocycles. The summed E-state index contributed by atoms with van der Waals surface area (Å²) in [6.45, 7) is 1.17. The first-order valence-electron chi connectivity index (χ1n) is 2.58. The molecule has 0 aliphatic heterocycles. The zero-order valence-electron chi connectivity index (χ0n) is 5.53. The van der Waals surface area contributed by atoms with Gasteiger partial charge in [0.05, 0.1) is 6.61 Å². The number of carbonyl (C=O) groups excluding carboxylic acids is 1. The lowest BCUT2D eigenvalue weighted by Crippen LogP contribution is -2.17. The van der Waals surface area contributed by atoms with Gasteiger partial charge in [0, 0.05) is 6.42 Å². The molecule has 10 heavy (non-hydrogen) atoms. The van der Waals surface area contributed by atoms with Crippen molar-refractivity contribution in [2.45, 2.75) is 13.3 Å². The highest BCUT2D eigenvalue weighted by Crippen LogP contribution is 1.87. The number of nitrogens with two attached hydrogens (primary N) is 1. The number of hydrogen-bond donors (Lipinski definition) is 1. The first kappa shape index (κ1) is 9.54. The maximum absolute atomic E-state index is 10.2. The largest absolute Gasteiger partial charge is 0.333 e. The lowest BCUT2D eigenvalue weighted by Gasteiger charge is -1.96. The zero-order chi connectivity index (χ0) is 8.20. The van der Waals surface area contributed by atoms with Crippen LogP contribution in [0, 0.1) is 0 Å². The molecule has 0 atom stereocenters. The Labute approximate surface area is 59.4 Å². The lowest BCUT2D eigenvalue weighted by atomic mass is 10.3. The second-order valence-corrected chi connectivity index (χ2v) is 2.99. The van der Waals surface area contributed by atoms with E-state index < -0.39 is 10.3 Å². The van der Waals surface area contributed by atoms with Crippen molar-refractivity contribution in [1.29, 1.82) is 0 Å². The first-order chi connectivity index (χ1) is 4.42. The van der Waals surface area contributed by atoms with E-state index >= 15 is 0 Å². The summed E-state index contributed by atoms with van der Waals surface area (Å²) in [6, 6.07) is 0. The van der Waals surface area contributed by atoms with Crippen LogP contribution in [0.25, 0.3) is 0 Å². The molecule has 6 heteroatoms. The highest BCUT2D eigenvalue weighted by Gasteiger charge is 2.01. The summed E-state index contributed by atoms with van der Waals surface area (Å²) in [7, 11) is -3.87. The highest BCUT2D eigenvalue weighted by molar-refractivity contribution is 7.84. The van der Waals surface area contributed by atoms with Gasteiger partial charge < -0.3 is 0 Å². The van der Waals surface area contributed by atoms with Gasteiger partial charge in [-0.1, -0.05) is 0 Å². The van der Waals surface area contributed by atoms with E-state index in [0.717, 1.165) is 0 Å². The lowest BCUT2D eigenvalue weighted by molar-refractivity contribution is -0.117. The van der Waals surface area contributed by atoms with Gasteiger partial charge in [-0.25, -0.2) is 5.14 Å². The third-order valence-corrected chi connectivity index (χ3v) is 1.20. The van der Waals surface area contributed by atoms with Gasteiger partial charge in [-0.05, 0) is 6.92 Å². The van der Waals surface area contributed by atoms with Gasteiger partial charge in [0.15, 0.2) is 0 Å². The van der Waals surface area contributed by atoms with Crippen LogP contribution < -0.4 is 5.14 Å². The Bertz CT molecular complexity index is 207. The number of ketones is 1. The molecule has 0 aromatic rings.